The van der Waals surface area contributed by atoms with Gasteiger partial charge in [-0.1, -0.05) is 17.7 Å². The van der Waals surface area contributed by atoms with Crippen LogP contribution in [-0.4, -0.2) is 75.9 Å². The van der Waals surface area contributed by atoms with E-state index in [2.05, 4.69) is 5.10 Å². The lowest BCUT2D eigenvalue weighted by atomic mass is 10.1. The molecule has 212 valence electrons. The Bertz CT molecular complexity index is 1230. The number of benzene rings is 1. The summed E-state index contributed by atoms with van der Waals surface area (Å²) in [6, 6.07) is 3.61. The molecule has 2 aliphatic heterocycles. The van der Waals surface area contributed by atoms with Crippen LogP contribution in [0, 0.1) is 0 Å². The van der Waals surface area contributed by atoms with Gasteiger partial charge in [-0.2, -0.15) is 18.3 Å². The molecule has 0 bridgehead atoms. The smallest absolute Gasteiger partial charge is 0.417 e. The van der Waals surface area contributed by atoms with Gasteiger partial charge in [0.15, 0.2) is 5.69 Å². The number of likely N-dealkylation sites (tertiary alicyclic amines) is 1. The minimum absolute atomic E-state index is 0.00961. The van der Waals surface area contributed by atoms with Crippen LogP contribution < -0.4 is 4.74 Å². The second kappa shape index (κ2) is 11.0. The fourth-order valence-corrected chi connectivity index (χ4v) is 6.03. The van der Waals surface area contributed by atoms with E-state index in [0.29, 0.717) is 44.7 Å². The van der Waals surface area contributed by atoms with E-state index >= 15 is 0 Å². The molecule has 2 atom stereocenters. The van der Waals surface area contributed by atoms with Crippen molar-refractivity contribution in [1.82, 2.24) is 19.6 Å². The summed E-state index contributed by atoms with van der Waals surface area (Å²) in [5.74, 6) is -0.243. The molecule has 1 aromatic heterocycles. The van der Waals surface area contributed by atoms with Gasteiger partial charge in [-0.05, 0) is 45.2 Å². The third-order valence-corrected chi connectivity index (χ3v) is 7.95. The molecule has 2 amide bonds. The number of carbonyl (C=O) groups excluding carboxylic acids is 2. The molecule has 3 aliphatic rings. The van der Waals surface area contributed by atoms with Gasteiger partial charge in [0.2, 0.25) is 5.91 Å². The highest BCUT2D eigenvalue weighted by Crippen LogP contribution is 2.40. The average Bonchev–Trinajstić information content (AvgIpc) is 3.48. The molecule has 1 aromatic carbocycles. The zero-order chi connectivity index (χ0) is 27.9. The number of ether oxygens (including phenoxy) is 2. The van der Waals surface area contributed by atoms with E-state index in [0.717, 1.165) is 36.6 Å². The number of fused-ring (bicyclic) bond motifs is 1. The first kappa shape index (κ1) is 27.8. The van der Waals surface area contributed by atoms with E-state index in [9.17, 15) is 22.8 Å². The van der Waals surface area contributed by atoms with Crippen molar-refractivity contribution in [3.05, 3.63) is 45.7 Å². The van der Waals surface area contributed by atoms with Crippen molar-refractivity contribution in [1.29, 1.82) is 0 Å². The number of alkyl halides is 3. The summed E-state index contributed by atoms with van der Waals surface area (Å²) in [5, 5.41) is 4.15. The van der Waals surface area contributed by atoms with Gasteiger partial charge in [-0.25, -0.2) is 0 Å². The maximum atomic E-state index is 13.4. The third-order valence-electron chi connectivity index (χ3n) is 7.56. The molecule has 0 unspecified atom stereocenters. The quantitative estimate of drug-likeness (QED) is 0.536. The number of halogens is 4. The van der Waals surface area contributed by atoms with Crippen LogP contribution in [0.1, 0.15) is 60.4 Å². The number of carbonyl (C=O) groups is 2. The maximum Gasteiger partial charge on any atom is 0.417 e. The van der Waals surface area contributed by atoms with Crippen molar-refractivity contribution < 1.29 is 32.2 Å². The lowest BCUT2D eigenvalue weighted by Crippen LogP contribution is -2.48. The molecule has 12 heteroatoms. The summed E-state index contributed by atoms with van der Waals surface area (Å²) in [6.45, 7) is 5.74. The minimum Gasteiger partial charge on any atom is -0.489 e. The van der Waals surface area contributed by atoms with Gasteiger partial charge in [0.25, 0.3) is 5.91 Å². The molecule has 0 radical (unpaired) electrons. The SMILES string of the molecule is C[C@@H]1CN(C(=O)c2nn(CC(=O)N3CCC(Oc4cccc(C(F)(F)F)c4Cl)CC3)c3c2CCC3)C[C@H](C)O1. The number of rotatable bonds is 5. The van der Waals surface area contributed by atoms with Crippen molar-refractivity contribution in [2.75, 3.05) is 26.2 Å². The molecule has 0 saturated carbocycles. The molecule has 8 nitrogen and oxygen atoms in total. The number of piperidine rings is 1. The van der Waals surface area contributed by atoms with Crippen LogP contribution in [-0.2, 0) is 35.1 Å². The van der Waals surface area contributed by atoms with Crippen molar-refractivity contribution in [3.63, 3.8) is 0 Å². The van der Waals surface area contributed by atoms with Crippen LogP contribution in [0.2, 0.25) is 5.02 Å². The molecule has 3 heterocycles. The summed E-state index contributed by atoms with van der Waals surface area (Å²) in [5.41, 5.74) is 1.38. The van der Waals surface area contributed by atoms with Crippen LogP contribution in [0.25, 0.3) is 0 Å². The predicted octanol–water partition coefficient (Wildman–Crippen LogP) is 4.36. The average molecular weight is 569 g/mol. The molecular weight excluding hydrogens is 537 g/mol. The summed E-state index contributed by atoms with van der Waals surface area (Å²) < 4.78 is 52.7. The fraction of sp³-hybridized carbons (Fsp3) is 0.593. The number of hydrogen-bond donors (Lipinski definition) is 0. The van der Waals surface area contributed by atoms with E-state index < -0.39 is 16.8 Å². The topological polar surface area (TPSA) is 76.9 Å². The van der Waals surface area contributed by atoms with Gasteiger partial charge in [-0.15, -0.1) is 0 Å². The van der Waals surface area contributed by atoms with Gasteiger partial charge in [-0.3, -0.25) is 14.3 Å². The Labute approximate surface area is 230 Å². The van der Waals surface area contributed by atoms with Crippen molar-refractivity contribution in [2.45, 2.75) is 77.0 Å². The molecule has 0 N–H and O–H groups in total. The largest absolute Gasteiger partial charge is 0.489 e. The molecular formula is C27H32ClF3N4O4. The van der Waals surface area contributed by atoms with Crippen LogP contribution >= 0.6 is 11.6 Å². The monoisotopic (exact) mass is 568 g/mol. The standard InChI is InChI=1S/C27H32ClF3N4O4/c1-16-13-34(14-17(2)38-16)26(37)25-19-5-3-7-21(19)35(32-25)15-23(36)33-11-9-18(10-12-33)39-22-8-4-6-20(24(22)28)27(29,30)31/h4,6,8,16-18H,3,5,7,9-15H2,1-2H3/t16-,17+. The number of hydrogen-bond acceptors (Lipinski definition) is 5. The first-order valence-corrected chi connectivity index (χ1v) is 13.7. The van der Waals surface area contributed by atoms with E-state index in [-0.39, 0.29) is 42.4 Å². The summed E-state index contributed by atoms with van der Waals surface area (Å²) in [4.78, 5) is 30.0. The Morgan fingerprint density at radius 2 is 1.79 bits per heavy atom. The second-order valence-corrected chi connectivity index (χ2v) is 10.9. The van der Waals surface area contributed by atoms with Crippen LogP contribution in [0.15, 0.2) is 18.2 Å². The zero-order valence-electron chi connectivity index (χ0n) is 22.0. The van der Waals surface area contributed by atoms with Gasteiger partial charge < -0.3 is 19.3 Å². The summed E-state index contributed by atoms with van der Waals surface area (Å²) in [6.07, 6.45) is -1.64. The lowest BCUT2D eigenvalue weighted by molar-refractivity contribution is -0.138. The predicted molar refractivity (Wildman–Crippen MR) is 137 cm³/mol. The molecule has 2 saturated heterocycles. The van der Waals surface area contributed by atoms with Crippen molar-refractivity contribution in [2.24, 2.45) is 0 Å². The molecule has 5 rings (SSSR count). The molecule has 2 aromatic rings. The first-order chi connectivity index (χ1) is 18.5. The van der Waals surface area contributed by atoms with E-state index in [4.69, 9.17) is 21.1 Å². The van der Waals surface area contributed by atoms with Gasteiger partial charge in [0.05, 0.1) is 22.8 Å². The number of amides is 2. The van der Waals surface area contributed by atoms with Gasteiger partial charge in [0.1, 0.15) is 18.4 Å². The highest BCUT2D eigenvalue weighted by atomic mass is 35.5. The maximum absolute atomic E-state index is 13.4. The summed E-state index contributed by atoms with van der Waals surface area (Å²) in [7, 11) is 0. The van der Waals surface area contributed by atoms with E-state index in [1.54, 1.807) is 14.5 Å². The molecule has 2 fully saturated rings. The molecule has 0 spiro atoms. The Morgan fingerprint density at radius 3 is 2.46 bits per heavy atom. The van der Waals surface area contributed by atoms with Crippen LogP contribution in [0.3, 0.4) is 0 Å². The van der Waals surface area contributed by atoms with E-state index in [1.807, 2.05) is 13.8 Å². The highest BCUT2D eigenvalue weighted by Gasteiger charge is 2.36. The molecule has 39 heavy (non-hydrogen) atoms. The number of morpholine rings is 1. The Morgan fingerprint density at radius 1 is 1.10 bits per heavy atom. The normalized spacial score (nSPS) is 22.2. The number of nitrogens with zero attached hydrogens (tertiary/aromatic N) is 4. The first-order valence-electron chi connectivity index (χ1n) is 13.3. The van der Waals surface area contributed by atoms with Crippen LogP contribution in [0.5, 0.6) is 5.75 Å². The second-order valence-electron chi connectivity index (χ2n) is 10.6. The fourth-order valence-electron chi connectivity index (χ4n) is 5.76. The highest BCUT2D eigenvalue weighted by molar-refractivity contribution is 6.32. The third kappa shape index (κ3) is 5.89. The zero-order valence-corrected chi connectivity index (χ0v) is 22.7. The summed E-state index contributed by atoms with van der Waals surface area (Å²) >= 11 is 5.96. The lowest BCUT2D eigenvalue weighted by Gasteiger charge is -2.35. The minimum atomic E-state index is -4.57. The van der Waals surface area contributed by atoms with Crippen molar-refractivity contribution >= 4 is 23.4 Å². The molecule has 1 aliphatic carbocycles. The van der Waals surface area contributed by atoms with Crippen molar-refractivity contribution in [3.8, 4) is 5.75 Å². The Hall–Kier alpha value is -2.79. The van der Waals surface area contributed by atoms with Gasteiger partial charge >= 0.3 is 6.18 Å². The Kier molecular flexibility index (Phi) is 7.83. The van der Waals surface area contributed by atoms with E-state index in [1.165, 1.54) is 12.1 Å². The van der Waals surface area contributed by atoms with Crippen LogP contribution in [0.4, 0.5) is 13.2 Å². The van der Waals surface area contributed by atoms with Gasteiger partial charge in [0, 0.05) is 50.3 Å². The Balaban J connectivity index is 1.21. The number of aromatic nitrogens is 2.